The van der Waals surface area contributed by atoms with Crippen molar-refractivity contribution in [1.29, 1.82) is 0 Å². The van der Waals surface area contributed by atoms with Crippen LogP contribution in [-0.4, -0.2) is 5.11 Å². The van der Waals surface area contributed by atoms with E-state index >= 15 is 0 Å². The molecule has 1 N–H and O–H groups in total. The highest BCUT2D eigenvalue weighted by atomic mass is 35.5. The van der Waals surface area contributed by atoms with Crippen molar-refractivity contribution in [3.8, 4) is 5.75 Å². The van der Waals surface area contributed by atoms with Gasteiger partial charge in [0, 0.05) is 21.5 Å². The third kappa shape index (κ3) is 2.56. The van der Waals surface area contributed by atoms with E-state index < -0.39 is 0 Å². The normalized spacial score (nSPS) is 12.4. The van der Waals surface area contributed by atoms with Crippen LogP contribution in [0.15, 0.2) is 42.5 Å². The van der Waals surface area contributed by atoms with Gasteiger partial charge in [0.1, 0.15) is 5.75 Å². The Morgan fingerprint density at radius 2 is 1.71 bits per heavy atom. The second-order valence-electron chi connectivity index (χ2n) is 3.95. The number of halogens is 2. The minimum absolute atomic E-state index is 0.0287. The van der Waals surface area contributed by atoms with E-state index in [1.807, 2.05) is 25.1 Å². The van der Waals surface area contributed by atoms with Gasteiger partial charge in [-0.1, -0.05) is 54.4 Å². The van der Waals surface area contributed by atoms with Crippen molar-refractivity contribution in [2.45, 2.75) is 12.8 Å². The molecule has 2 aromatic rings. The molecule has 1 unspecified atom stereocenters. The Labute approximate surface area is 111 Å². The molecule has 2 aromatic carbocycles. The monoisotopic (exact) mass is 266 g/mol. The predicted octanol–water partition coefficient (Wildman–Crippen LogP) is 4.85. The molecule has 0 aliphatic rings. The van der Waals surface area contributed by atoms with Gasteiger partial charge in [-0.3, -0.25) is 0 Å². The van der Waals surface area contributed by atoms with E-state index in [0.717, 1.165) is 11.1 Å². The molecule has 3 heteroatoms. The fourth-order valence-electron chi connectivity index (χ4n) is 1.87. The van der Waals surface area contributed by atoms with Gasteiger partial charge in [-0.05, 0) is 23.8 Å². The third-order valence-corrected chi connectivity index (χ3v) is 3.39. The molecule has 0 bridgehead atoms. The lowest BCUT2D eigenvalue weighted by Gasteiger charge is -2.15. The highest BCUT2D eigenvalue weighted by molar-refractivity contribution is 6.35. The number of hydrogen-bond donors (Lipinski definition) is 1. The SMILES string of the molecule is CC(c1ccccc1O)c1ccc(Cl)cc1Cl. The largest absolute Gasteiger partial charge is 0.508 e. The molecule has 2 rings (SSSR count). The zero-order valence-electron chi connectivity index (χ0n) is 9.32. The van der Waals surface area contributed by atoms with E-state index in [0.29, 0.717) is 10.0 Å². The Hall–Kier alpha value is -1.18. The number of aromatic hydroxyl groups is 1. The van der Waals surface area contributed by atoms with Gasteiger partial charge in [0.05, 0.1) is 0 Å². The van der Waals surface area contributed by atoms with Crippen molar-refractivity contribution < 1.29 is 5.11 Å². The smallest absolute Gasteiger partial charge is 0.119 e. The molecule has 0 radical (unpaired) electrons. The minimum atomic E-state index is 0.0287. The third-order valence-electron chi connectivity index (χ3n) is 2.83. The van der Waals surface area contributed by atoms with Crippen molar-refractivity contribution in [3.63, 3.8) is 0 Å². The van der Waals surface area contributed by atoms with Gasteiger partial charge >= 0.3 is 0 Å². The fraction of sp³-hybridized carbons (Fsp3) is 0.143. The number of phenolic OH excluding ortho intramolecular Hbond substituents is 1. The van der Waals surface area contributed by atoms with Crippen LogP contribution >= 0.6 is 23.2 Å². The topological polar surface area (TPSA) is 20.2 Å². The van der Waals surface area contributed by atoms with E-state index in [1.165, 1.54) is 0 Å². The molecule has 0 aromatic heterocycles. The molecule has 0 heterocycles. The van der Waals surface area contributed by atoms with Gasteiger partial charge in [-0.2, -0.15) is 0 Å². The number of rotatable bonds is 2. The van der Waals surface area contributed by atoms with E-state index in [2.05, 4.69) is 0 Å². The summed E-state index contributed by atoms with van der Waals surface area (Å²) in [6.07, 6.45) is 0. The lowest BCUT2D eigenvalue weighted by atomic mass is 9.92. The van der Waals surface area contributed by atoms with Gasteiger partial charge in [0.25, 0.3) is 0 Å². The number of phenols is 1. The van der Waals surface area contributed by atoms with Gasteiger partial charge in [-0.25, -0.2) is 0 Å². The van der Waals surface area contributed by atoms with E-state index in [-0.39, 0.29) is 11.7 Å². The molecule has 88 valence electrons. The lowest BCUT2D eigenvalue weighted by Crippen LogP contribution is -1.97. The molecule has 0 aliphatic carbocycles. The Kier molecular flexibility index (Phi) is 3.60. The van der Waals surface area contributed by atoms with E-state index in [1.54, 1.807) is 24.3 Å². The lowest BCUT2D eigenvalue weighted by molar-refractivity contribution is 0.466. The molecule has 0 saturated heterocycles. The second kappa shape index (κ2) is 4.99. The molecule has 0 saturated carbocycles. The highest BCUT2D eigenvalue weighted by Crippen LogP contribution is 2.35. The van der Waals surface area contributed by atoms with Crippen LogP contribution in [0.3, 0.4) is 0 Å². The summed E-state index contributed by atoms with van der Waals surface area (Å²) in [6.45, 7) is 2.00. The first-order valence-electron chi connectivity index (χ1n) is 5.32. The van der Waals surface area contributed by atoms with Gasteiger partial charge in [-0.15, -0.1) is 0 Å². The first kappa shape index (κ1) is 12.3. The van der Waals surface area contributed by atoms with Crippen molar-refractivity contribution in [1.82, 2.24) is 0 Å². The van der Waals surface area contributed by atoms with Gasteiger partial charge in [0.2, 0.25) is 0 Å². The van der Waals surface area contributed by atoms with Crippen LogP contribution in [0.4, 0.5) is 0 Å². The summed E-state index contributed by atoms with van der Waals surface area (Å²) in [5, 5.41) is 11.1. The number of hydrogen-bond acceptors (Lipinski definition) is 1. The Balaban J connectivity index is 2.44. The Bertz CT molecular complexity index is 537. The number of benzene rings is 2. The summed E-state index contributed by atoms with van der Waals surface area (Å²) < 4.78 is 0. The Morgan fingerprint density at radius 3 is 2.35 bits per heavy atom. The number of para-hydroxylation sites is 1. The van der Waals surface area contributed by atoms with Crippen molar-refractivity contribution in [2.75, 3.05) is 0 Å². The average molecular weight is 267 g/mol. The van der Waals surface area contributed by atoms with Crippen molar-refractivity contribution in [3.05, 3.63) is 63.6 Å². The summed E-state index contributed by atoms with van der Waals surface area (Å²) >= 11 is 12.0. The average Bonchev–Trinajstić information content (AvgIpc) is 2.29. The van der Waals surface area contributed by atoms with Crippen LogP contribution in [0.5, 0.6) is 5.75 Å². The van der Waals surface area contributed by atoms with Crippen molar-refractivity contribution >= 4 is 23.2 Å². The predicted molar refractivity (Wildman–Crippen MR) is 72.1 cm³/mol. The molecule has 0 fully saturated rings. The summed E-state index contributed by atoms with van der Waals surface area (Å²) in [6, 6.07) is 12.7. The first-order chi connectivity index (χ1) is 8.09. The minimum Gasteiger partial charge on any atom is -0.508 e. The van der Waals surface area contributed by atoms with Crippen LogP contribution in [0.1, 0.15) is 24.0 Å². The molecule has 17 heavy (non-hydrogen) atoms. The summed E-state index contributed by atoms with van der Waals surface area (Å²) in [4.78, 5) is 0. The van der Waals surface area contributed by atoms with Gasteiger partial charge < -0.3 is 5.11 Å². The first-order valence-corrected chi connectivity index (χ1v) is 6.08. The van der Waals surface area contributed by atoms with Crippen molar-refractivity contribution in [2.24, 2.45) is 0 Å². The van der Waals surface area contributed by atoms with E-state index in [4.69, 9.17) is 23.2 Å². The molecule has 1 nitrogen and oxygen atoms in total. The van der Waals surface area contributed by atoms with E-state index in [9.17, 15) is 5.11 Å². The van der Waals surface area contributed by atoms with Crippen LogP contribution in [0.2, 0.25) is 10.0 Å². The zero-order chi connectivity index (χ0) is 12.4. The quantitative estimate of drug-likeness (QED) is 0.824. The maximum absolute atomic E-state index is 9.82. The van der Waals surface area contributed by atoms with Crippen LogP contribution in [0.25, 0.3) is 0 Å². The summed E-state index contributed by atoms with van der Waals surface area (Å²) in [7, 11) is 0. The van der Waals surface area contributed by atoms with Crippen LogP contribution < -0.4 is 0 Å². The molecule has 0 aliphatic heterocycles. The maximum Gasteiger partial charge on any atom is 0.119 e. The standard InChI is InChI=1S/C14H12Cl2O/c1-9(12-4-2-3-5-14(12)17)11-7-6-10(15)8-13(11)16/h2-9,17H,1H3. The molecule has 0 amide bonds. The zero-order valence-corrected chi connectivity index (χ0v) is 10.8. The van der Waals surface area contributed by atoms with Crippen LogP contribution in [-0.2, 0) is 0 Å². The molecule has 0 spiro atoms. The highest BCUT2D eigenvalue weighted by Gasteiger charge is 2.15. The summed E-state index contributed by atoms with van der Waals surface area (Å²) in [5.41, 5.74) is 1.81. The van der Waals surface area contributed by atoms with Crippen LogP contribution in [0, 0.1) is 0 Å². The second-order valence-corrected chi connectivity index (χ2v) is 4.79. The molecular formula is C14H12Cl2O. The maximum atomic E-state index is 9.82. The molecule has 1 atom stereocenters. The fourth-order valence-corrected chi connectivity index (χ4v) is 2.45. The molecular weight excluding hydrogens is 255 g/mol. The summed E-state index contributed by atoms with van der Waals surface area (Å²) in [5.74, 6) is 0.312. The van der Waals surface area contributed by atoms with Gasteiger partial charge in [0.15, 0.2) is 0 Å². The Morgan fingerprint density at radius 1 is 1.00 bits per heavy atom.